The highest BCUT2D eigenvalue weighted by molar-refractivity contribution is 7.80. The molecule has 0 unspecified atom stereocenters. The molecule has 3 rings (SSSR count). The summed E-state index contributed by atoms with van der Waals surface area (Å²) in [6.07, 6.45) is -1.36. The second-order valence-electron chi connectivity index (χ2n) is 6.81. The van der Waals surface area contributed by atoms with Gasteiger partial charge in [0.15, 0.2) is 10.8 Å². The maximum atomic E-state index is 13.1. The van der Waals surface area contributed by atoms with Gasteiger partial charge in [-0.15, -0.1) is 0 Å². The number of rotatable bonds is 8. The van der Waals surface area contributed by atoms with Gasteiger partial charge in [-0.3, -0.25) is 4.68 Å². The quantitative estimate of drug-likeness (QED) is 0.477. The Morgan fingerprint density at radius 1 is 1.18 bits per heavy atom. The molecule has 1 heterocycles. The van der Waals surface area contributed by atoms with Crippen LogP contribution in [0.15, 0.2) is 30.3 Å². The van der Waals surface area contributed by atoms with Crippen LogP contribution in [0, 0.1) is 0 Å². The van der Waals surface area contributed by atoms with Crippen molar-refractivity contribution in [2.75, 3.05) is 13.1 Å². The number of hydrogen-bond donors (Lipinski definition) is 2. The number of thiocarbonyl (C=S) groups is 1. The number of nitrogens with one attached hydrogen (secondary N) is 2. The van der Waals surface area contributed by atoms with Crippen molar-refractivity contribution in [3.63, 3.8) is 0 Å². The van der Waals surface area contributed by atoms with Crippen molar-refractivity contribution >= 4 is 28.9 Å². The summed E-state index contributed by atoms with van der Waals surface area (Å²) in [5, 5.41) is 10.2. The highest BCUT2D eigenvalue weighted by Gasteiger charge is 2.41. The Hall–Kier alpha value is -1.80. The average molecular weight is 431 g/mol. The first-order valence-corrected chi connectivity index (χ1v) is 10.0. The van der Waals surface area contributed by atoms with E-state index >= 15 is 0 Å². The van der Waals surface area contributed by atoms with E-state index in [0.717, 1.165) is 19.3 Å². The summed E-state index contributed by atoms with van der Waals surface area (Å²) in [6.45, 7) is 1.62. The van der Waals surface area contributed by atoms with Crippen molar-refractivity contribution in [1.29, 1.82) is 0 Å². The molecule has 9 heteroatoms. The number of alkyl halides is 3. The van der Waals surface area contributed by atoms with Crippen LogP contribution in [0.1, 0.15) is 42.1 Å². The number of aromatic nitrogens is 2. The zero-order valence-corrected chi connectivity index (χ0v) is 16.8. The van der Waals surface area contributed by atoms with Gasteiger partial charge in [0, 0.05) is 25.6 Å². The van der Waals surface area contributed by atoms with Crippen LogP contribution in [-0.2, 0) is 19.1 Å². The van der Waals surface area contributed by atoms with Gasteiger partial charge in [-0.25, -0.2) is 0 Å². The molecule has 0 radical (unpaired) electrons. The van der Waals surface area contributed by atoms with Gasteiger partial charge in [0.1, 0.15) is 0 Å². The molecular weight excluding hydrogens is 409 g/mol. The highest BCUT2D eigenvalue weighted by Crippen LogP contribution is 2.46. The Labute approximate surface area is 172 Å². The smallest absolute Gasteiger partial charge is 0.363 e. The van der Waals surface area contributed by atoms with Crippen molar-refractivity contribution in [3.8, 4) is 0 Å². The molecule has 1 aliphatic rings. The Bertz CT molecular complexity index is 804. The van der Waals surface area contributed by atoms with Gasteiger partial charge >= 0.3 is 6.18 Å². The maximum absolute atomic E-state index is 13.1. The van der Waals surface area contributed by atoms with E-state index in [1.54, 1.807) is 0 Å². The third-order valence-electron chi connectivity index (χ3n) is 4.54. The first kappa shape index (κ1) is 20.9. The van der Waals surface area contributed by atoms with Gasteiger partial charge in [-0.2, -0.15) is 18.3 Å². The molecular formula is C19H22ClF3N4S. The third kappa shape index (κ3) is 5.61. The molecule has 1 aromatic carbocycles. The molecule has 28 heavy (non-hydrogen) atoms. The molecule has 0 spiro atoms. The van der Waals surface area contributed by atoms with Crippen molar-refractivity contribution in [1.82, 2.24) is 20.4 Å². The number of hydrogen-bond acceptors (Lipinski definition) is 2. The van der Waals surface area contributed by atoms with Crippen LogP contribution in [0.25, 0.3) is 0 Å². The van der Waals surface area contributed by atoms with Crippen molar-refractivity contribution < 1.29 is 13.2 Å². The van der Waals surface area contributed by atoms with Gasteiger partial charge in [0.2, 0.25) is 0 Å². The summed E-state index contributed by atoms with van der Waals surface area (Å²) >= 11 is 11.2. The van der Waals surface area contributed by atoms with E-state index < -0.39 is 11.9 Å². The molecule has 2 N–H and O–H groups in total. The second kappa shape index (κ2) is 9.13. The molecule has 1 aromatic heterocycles. The minimum absolute atomic E-state index is 0.0878. The van der Waals surface area contributed by atoms with Gasteiger partial charge < -0.3 is 10.6 Å². The van der Waals surface area contributed by atoms with Crippen LogP contribution < -0.4 is 10.6 Å². The molecule has 0 aliphatic heterocycles. The predicted octanol–water partition coefficient (Wildman–Crippen LogP) is 4.53. The molecule has 0 amide bonds. The van der Waals surface area contributed by atoms with Crippen LogP contribution in [0.2, 0.25) is 5.02 Å². The monoisotopic (exact) mass is 430 g/mol. The summed E-state index contributed by atoms with van der Waals surface area (Å²) in [5.41, 5.74) is 0.751. The first-order valence-electron chi connectivity index (χ1n) is 9.25. The van der Waals surface area contributed by atoms with E-state index in [4.69, 9.17) is 23.8 Å². The normalized spacial score (nSPS) is 14.1. The van der Waals surface area contributed by atoms with Crippen molar-refractivity contribution in [3.05, 3.63) is 52.3 Å². The largest absolute Gasteiger partial charge is 0.436 e. The lowest BCUT2D eigenvalue weighted by atomic mass is 10.1. The van der Waals surface area contributed by atoms with E-state index in [9.17, 15) is 13.2 Å². The molecule has 0 bridgehead atoms. The topological polar surface area (TPSA) is 41.9 Å². The fraction of sp³-hybridized carbons (Fsp3) is 0.474. The maximum Gasteiger partial charge on any atom is 0.436 e. The van der Waals surface area contributed by atoms with E-state index in [1.165, 1.54) is 10.2 Å². The zero-order valence-electron chi connectivity index (χ0n) is 15.2. The number of halogens is 4. The fourth-order valence-electron chi connectivity index (χ4n) is 3.01. The van der Waals surface area contributed by atoms with E-state index in [1.807, 2.05) is 18.2 Å². The summed E-state index contributed by atoms with van der Waals surface area (Å²) < 4.78 is 40.6. The summed E-state index contributed by atoms with van der Waals surface area (Å²) in [5.74, 6) is 0.0878. The van der Waals surface area contributed by atoms with Gasteiger partial charge in [0.25, 0.3) is 0 Å². The number of benzene rings is 1. The Balaban J connectivity index is 1.43. The zero-order chi connectivity index (χ0) is 20.1. The first-order chi connectivity index (χ1) is 13.4. The lowest BCUT2D eigenvalue weighted by molar-refractivity contribution is -0.141. The summed E-state index contributed by atoms with van der Waals surface area (Å²) in [4.78, 5) is 0. The van der Waals surface area contributed by atoms with Crippen LogP contribution in [-0.4, -0.2) is 28.0 Å². The Kier molecular flexibility index (Phi) is 6.82. The summed E-state index contributed by atoms with van der Waals surface area (Å²) in [7, 11) is 0. The minimum atomic E-state index is -4.53. The van der Waals surface area contributed by atoms with Crippen molar-refractivity contribution in [2.24, 2.45) is 0 Å². The Morgan fingerprint density at radius 2 is 1.86 bits per heavy atom. The molecule has 1 fully saturated rings. The molecule has 1 aliphatic carbocycles. The SMILES string of the molecule is FC(F)(F)c1nn(CCCNC(=S)NCCc2ccccc2)c(C2CC2)c1Cl. The predicted molar refractivity (Wildman–Crippen MR) is 108 cm³/mol. The van der Waals surface area contributed by atoms with Gasteiger partial charge in [-0.05, 0) is 43.5 Å². The molecule has 1 saturated carbocycles. The van der Waals surface area contributed by atoms with Crippen LogP contribution in [0.4, 0.5) is 13.2 Å². The highest BCUT2D eigenvalue weighted by atomic mass is 35.5. The summed E-state index contributed by atoms with van der Waals surface area (Å²) in [6, 6.07) is 10.1. The molecule has 152 valence electrons. The minimum Gasteiger partial charge on any atom is -0.363 e. The molecule has 0 saturated heterocycles. The van der Waals surface area contributed by atoms with Crippen LogP contribution in [0.5, 0.6) is 0 Å². The lowest BCUT2D eigenvalue weighted by Crippen LogP contribution is -2.37. The van der Waals surface area contributed by atoms with Crippen LogP contribution in [0.3, 0.4) is 0 Å². The van der Waals surface area contributed by atoms with E-state index in [2.05, 4.69) is 27.9 Å². The molecule has 0 atom stereocenters. The Morgan fingerprint density at radius 3 is 2.50 bits per heavy atom. The third-order valence-corrected chi connectivity index (χ3v) is 5.20. The average Bonchev–Trinajstić information content (AvgIpc) is 3.42. The van der Waals surface area contributed by atoms with Crippen LogP contribution >= 0.6 is 23.8 Å². The van der Waals surface area contributed by atoms with E-state index in [0.29, 0.717) is 36.9 Å². The van der Waals surface area contributed by atoms with Gasteiger partial charge in [0.05, 0.1) is 10.7 Å². The lowest BCUT2D eigenvalue weighted by Gasteiger charge is -2.11. The fourth-order valence-corrected chi connectivity index (χ4v) is 3.61. The second-order valence-corrected chi connectivity index (χ2v) is 7.60. The number of nitrogens with zero attached hydrogens (tertiary/aromatic N) is 2. The standard InChI is InChI=1S/C19H22ClF3N4S/c20-15-16(14-7-8-14)27(26-17(15)19(21,22)23)12-4-10-24-18(28)25-11-9-13-5-2-1-3-6-13/h1-3,5-6,14H,4,7-12H2,(H2,24,25,28). The molecule has 4 nitrogen and oxygen atoms in total. The van der Waals surface area contributed by atoms with E-state index in [-0.39, 0.29) is 10.9 Å². The molecule has 2 aromatic rings. The van der Waals surface area contributed by atoms with Gasteiger partial charge in [-0.1, -0.05) is 41.9 Å². The van der Waals surface area contributed by atoms with Crippen molar-refractivity contribution in [2.45, 2.75) is 44.3 Å². The number of aryl methyl sites for hydroxylation is 1.